The zero-order valence-corrected chi connectivity index (χ0v) is 19.0. The summed E-state index contributed by atoms with van der Waals surface area (Å²) < 4.78 is 9.86. The molecule has 0 aliphatic heterocycles. The Labute approximate surface area is 200 Å². The van der Waals surface area contributed by atoms with Crippen LogP contribution in [-0.2, 0) is 9.53 Å². The van der Waals surface area contributed by atoms with Crippen LogP contribution in [0.3, 0.4) is 0 Å². The van der Waals surface area contributed by atoms with Gasteiger partial charge in [0.15, 0.2) is 5.70 Å². The van der Waals surface area contributed by atoms with E-state index < -0.39 is 40.4 Å². The van der Waals surface area contributed by atoms with Gasteiger partial charge in [-0.1, -0.05) is 0 Å². The van der Waals surface area contributed by atoms with Crippen LogP contribution >= 0.6 is 0 Å². The lowest BCUT2D eigenvalue weighted by atomic mass is 10.1. The number of hydrogen-bond donors (Lipinski definition) is 5. The van der Waals surface area contributed by atoms with E-state index in [0.29, 0.717) is 0 Å². The predicted molar refractivity (Wildman–Crippen MR) is 125 cm³/mol. The molecule has 0 spiro atoms. The average molecular weight is 497 g/mol. The van der Waals surface area contributed by atoms with Gasteiger partial charge in [-0.15, -0.1) is 10.2 Å². The second-order valence-corrected chi connectivity index (χ2v) is 7.12. The number of allylic oxidation sites excluding steroid dienone is 1. The number of hydrogen-bond acceptors (Lipinski definition) is 10. The van der Waals surface area contributed by atoms with Crippen molar-refractivity contribution in [2.75, 3.05) is 19.5 Å². The first-order valence-electron chi connectivity index (χ1n) is 9.98. The number of fused-ring (bicyclic) bond motifs is 1. The number of nitrogens with one attached hydrogen (secondary N) is 3. The number of azo groups is 1. The SMILES string of the molecule is COC(=O)c1ccc(C(=O)O)cc1N=NC(C(=O)Nc1cc2[nH]c(=O)c(=O)[nH]c2cc1OC)=C(C)O. The highest BCUT2D eigenvalue weighted by Gasteiger charge is 2.19. The molecular formula is C22H19N5O9. The van der Waals surface area contributed by atoms with E-state index in [4.69, 9.17) is 4.74 Å². The minimum Gasteiger partial charge on any atom is -0.510 e. The van der Waals surface area contributed by atoms with Gasteiger partial charge in [-0.2, -0.15) is 0 Å². The molecule has 3 rings (SSSR count). The highest BCUT2D eigenvalue weighted by molar-refractivity contribution is 6.05. The number of aromatic nitrogens is 2. The van der Waals surface area contributed by atoms with Gasteiger partial charge in [0.2, 0.25) is 0 Å². The molecule has 0 saturated heterocycles. The largest absolute Gasteiger partial charge is 0.510 e. The van der Waals surface area contributed by atoms with E-state index in [-0.39, 0.29) is 39.3 Å². The number of carbonyl (C=O) groups excluding carboxylic acids is 2. The maximum Gasteiger partial charge on any atom is 0.340 e. The van der Waals surface area contributed by atoms with Crippen LogP contribution in [0.15, 0.2) is 61.6 Å². The van der Waals surface area contributed by atoms with Crippen molar-refractivity contribution in [1.29, 1.82) is 0 Å². The summed E-state index contributed by atoms with van der Waals surface area (Å²) in [6.45, 7) is 1.16. The van der Waals surface area contributed by atoms with Crippen molar-refractivity contribution in [3.8, 4) is 5.75 Å². The standard InChI is InChI=1S/C22H19N5O9/c1-9(28)17(27-26-12-6-10(21(32)33)4-5-11(12)22(34)36-3)18(29)25-15-7-13-14(8-16(15)35-2)24-20(31)19(30)23-13/h4-8,28H,1-3H3,(H,23,30)(H,24,31)(H,25,29)(H,32,33). The van der Waals surface area contributed by atoms with Crippen molar-refractivity contribution in [2.45, 2.75) is 6.92 Å². The molecule has 14 nitrogen and oxygen atoms in total. The van der Waals surface area contributed by atoms with Crippen LogP contribution in [0.5, 0.6) is 5.75 Å². The fourth-order valence-electron chi connectivity index (χ4n) is 3.01. The van der Waals surface area contributed by atoms with Gasteiger partial charge in [0.05, 0.1) is 42.1 Å². The van der Waals surface area contributed by atoms with E-state index in [1.807, 2.05) is 0 Å². The molecule has 14 heteroatoms. The Morgan fingerprint density at radius 1 is 0.972 bits per heavy atom. The van der Waals surface area contributed by atoms with Gasteiger partial charge >= 0.3 is 23.1 Å². The summed E-state index contributed by atoms with van der Waals surface area (Å²) in [6.07, 6.45) is 0. The summed E-state index contributed by atoms with van der Waals surface area (Å²) in [5, 5.41) is 29.2. The summed E-state index contributed by atoms with van der Waals surface area (Å²) in [4.78, 5) is 64.2. The molecule has 1 aromatic heterocycles. The van der Waals surface area contributed by atoms with Crippen molar-refractivity contribution >= 4 is 40.3 Å². The van der Waals surface area contributed by atoms with Crippen LogP contribution in [0, 0.1) is 0 Å². The maximum absolute atomic E-state index is 12.9. The first kappa shape index (κ1) is 25.4. The fraction of sp³-hybridized carbons (Fsp3) is 0.136. The van der Waals surface area contributed by atoms with Crippen LogP contribution < -0.4 is 21.2 Å². The number of aromatic carboxylic acids is 1. The van der Waals surface area contributed by atoms with E-state index >= 15 is 0 Å². The van der Waals surface area contributed by atoms with Gasteiger partial charge in [-0.3, -0.25) is 14.4 Å². The second kappa shape index (κ2) is 10.3. The molecule has 36 heavy (non-hydrogen) atoms. The number of carboxylic acids is 1. The minimum atomic E-state index is -1.29. The zero-order valence-electron chi connectivity index (χ0n) is 19.0. The predicted octanol–water partition coefficient (Wildman–Crippen LogP) is 2.22. The molecular weight excluding hydrogens is 478 g/mol. The topological polar surface area (TPSA) is 213 Å². The third-order valence-corrected chi connectivity index (χ3v) is 4.76. The van der Waals surface area contributed by atoms with Crippen molar-refractivity contribution in [2.24, 2.45) is 10.2 Å². The van der Waals surface area contributed by atoms with Gasteiger partial charge in [0, 0.05) is 6.07 Å². The van der Waals surface area contributed by atoms with E-state index in [1.54, 1.807) is 0 Å². The Bertz CT molecular complexity index is 1560. The quantitative estimate of drug-likeness (QED) is 0.106. The number of nitrogens with zero attached hydrogens (tertiary/aromatic N) is 2. The number of H-pyrrole nitrogens is 2. The van der Waals surface area contributed by atoms with Crippen molar-refractivity contribution < 1.29 is 34.1 Å². The summed E-state index contributed by atoms with van der Waals surface area (Å²) in [5.41, 5.74) is -2.46. The van der Waals surface area contributed by atoms with Gasteiger partial charge in [-0.25, -0.2) is 9.59 Å². The van der Waals surface area contributed by atoms with Crippen molar-refractivity contribution in [3.05, 3.63) is 73.6 Å². The lowest BCUT2D eigenvalue weighted by Gasteiger charge is -2.12. The normalized spacial score (nSPS) is 11.8. The number of aliphatic hydroxyl groups excluding tert-OH is 1. The molecule has 5 N–H and O–H groups in total. The highest BCUT2D eigenvalue weighted by Crippen LogP contribution is 2.29. The third kappa shape index (κ3) is 5.27. The fourth-order valence-corrected chi connectivity index (χ4v) is 3.01. The van der Waals surface area contributed by atoms with Crippen molar-refractivity contribution in [1.82, 2.24) is 9.97 Å². The molecule has 0 unspecified atom stereocenters. The Balaban J connectivity index is 2.00. The molecule has 0 atom stereocenters. The Morgan fingerprint density at radius 2 is 1.61 bits per heavy atom. The monoisotopic (exact) mass is 497 g/mol. The summed E-state index contributed by atoms with van der Waals surface area (Å²) >= 11 is 0. The summed E-state index contributed by atoms with van der Waals surface area (Å²) in [7, 11) is 2.42. The molecule has 0 bridgehead atoms. The number of carbonyl (C=O) groups is 3. The molecule has 0 saturated carbocycles. The smallest absolute Gasteiger partial charge is 0.340 e. The Morgan fingerprint density at radius 3 is 2.17 bits per heavy atom. The number of amides is 1. The molecule has 0 radical (unpaired) electrons. The van der Waals surface area contributed by atoms with Crippen LogP contribution in [0.2, 0.25) is 0 Å². The number of aliphatic hydroxyl groups is 1. The van der Waals surface area contributed by atoms with Crippen LogP contribution in [0.25, 0.3) is 11.0 Å². The van der Waals surface area contributed by atoms with Crippen LogP contribution in [0.1, 0.15) is 27.6 Å². The Kier molecular flexibility index (Phi) is 7.28. The minimum absolute atomic E-state index is 0.0507. The number of rotatable bonds is 7. The summed E-state index contributed by atoms with van der Waals surface area (Å²) in [5.74, 6) is -3.53. The zero-order chi connectivity index (χ0) is 26.6. The van der Waals surface area contributed by atoms with Gasteiger partial charge in [-0.05, 0) is 31.2 Å². The molecule has 0 aliphatic carbocycles. The maximum atomic E-state index is 12.9. The average Bonchev–Trinajstić information content (AvgIpc) is 2.83. The molecule has 0 fully saturated rings. The molecule has 3 aromatic rings. The molecule has 0 aliphatic rings. The van der Waals surface area contributed by atoms with E-state index in [9.17, 15) is 34.2 Å². The lowest BCUT2D eigenvalue weighted by molar-refractivity contribution is -0.113. The first-order chi connectivity index (χ1) is 17.0. The molecule has 1 heterocycles. The Hall–Kier alpha value is -5.27. The highest BCUT2D eigenvalue weighted by atomic mass is 16.5. The van der Waals surface area contributed by atoms with Gasteiger partial charge in [0.1, 0.15) is 17.2 Å². The number of benzene rings is 2. The van der Waals surface area contributed by atoms with Crippen molar-refractivity contribution in [3.63, 3.8) is 0 Å². The number of carboxylic acid groups (broad SMARTS) is 1. The summed E-state index contributed by atoms with van der Waals surface area (Å²) in [6, 6.07) is 6.06. The molecule has 186 valence electrons. The lowest BCUT2D eigenvalue weighted by Crippen LogP contribution is -2.29. The molecule has 1 amide bonds. The molecule has 2 aromatic carbocycles. The van der Waals surface area contributed by atoms with Gasteiger partial charge < -0.3 is 35.0 Å². The van der Waals surface area contributed by atoms with Gasteiger partial charge in [0.25, 0.3) is 5.91 Å². The van der Waals surface area contributed by atoms with Crippen LogP contribution in [-0.4, -0.2) is 52.2 Å². The number of anilines is 1. The second-order valence-electron chi connectivity index (χ2n) is 7.12. The number of ether oxygens (including phenoxy) is 2. The first-order valence-corrected chi connectivity index (χ1v) is 9.98. The van der Waals surface area contributed by atoms with Crippen LogP contribution in [0.4, 0.5) is 11.4 Å². The number of aromatic amines is 2. The third-order valence-electron chi connectivity index (χ3n) is 4.76. The van der Waals surface area contributed by atoms with E-state index in [0.717, 1.165) is 26.2 Å². The number of methoxy groups -OCH3 is 2. The number of esters is 1. The van der Waals surface area contributed by atoms with E-state index in [1.165, 1.54) is 25.3 Å². The van der Waals surface area contributed by atoms with E-state index in [2.05, 4.69) is 30.3 Å².